The Bertz CT molecular complexity index is 1080. The lowest BCUT2D eigenvalue weighted by Crippen LogP contribution is -2.17. The maximum absolute atomic E-state index is 13.6. The molecule has 29 heavy (non-hydrogen) atoms. The summed E-state index contributed by atoms with van der Waals surface area (Å²) in [5.41, 5.74) is -1.92. The average Bonchev–Trinajstić information content (AvgIpc) is 3.17. The summed E-state index contributed by atoms with van der Waals surface area (Å²) in [6.45, 7) is -0.324. The molecular formula is C17H10F4N4O4. The standard InChI is InChI=1S/C17H10F4N4O4/c18-9-7-10(19)15(21)16(14(9)20)22-17(26)11-5-6-24(23-11)8-29-13-4-2-1-3-12(13)25(27)28/h1-7H,8H2,(H,22,26). The summed E-state index contributed by atoms with van der Waals surface area (Å²) in [6, 6.07) is 6.72. The van der Waals surface area contributed by atoms with Gasteiger partial charge in [-0.2, -0.15) is 5.10 Å². The van der Waals surface area contributed by atoms with Crippen molar-refractivity contribution in [2.24, 2.45) is 0 Å². The van der Waals surface area contributed by atoms with Crippen LogP contribution in [0.4, 0.5) is 28.9 Å². The van der Waals surface area contributed by atoms with E-state index >= 15 is 0 Å². The number of ether oxygens (including phenoxy) is 1. The number of rotatable bonds is 6. The van der Waals surface area contributed by atoms with E-state index in [0.29, 0.717) is 0 Å². The minimum atomic E-state index is -1.77. The number of hydrogen-bond acceptors (Lipinski definition) is 5. The summed E-state index contributed by atoms with van der Waals surface area (Å²) >= 11 is 0. The lowest BCUT2D eigenvalue weighted by molar-refractivity contribution is -0.386. The zero-order valence-corrected chi connectivity index (χ0v) is 14.2. The highest BCUT2D eigenvalue weighted by Gasteiger charge is 2.22. The molecule has 0 aliphatic rings. The first kappa shape index (κ1) is 19.8. The second-order valence-corrected chi connectivity index (χ2v) is 5.54. The molecule has 0 saturated heterocycles. The number of halogens is 4. The van der Waals surface area contributed by atoms with Crippen LogP contribution in [-0.2, 0) is 6.73 Å². The number of nitrogens with one attached hydrogen (secondary N) is 1. The van der Waals surface area contributed by atoms with E-state index in [9.17, 15) is 32.5 Å². The van der Waals surface area contributed by atoms with Gasteiger partial charge in [-0.15, -0.1) is 0 Å². The highest BCUT2D eigenvalue weighted by atomic mass is 19.2. The van der Waals surface area contributed by atoms with Crippen molar-refractivity contribution >= 4 is 17.3 Å². The molecule has 1 heterocycles. The fraction of sp³-hybridized carbons (Fsp3) is 0.0588. The van der Waals surface area contributed by atoms with E-state index in [-0.39, 0.29) is 29.9 Å². The molecule has 1 amide bonds. The average molecular weight is 410 g/mol. The van der Waals surface area contributed by atoms with Gasteiger partial charge in [0.15, 0.2) is 41.4 Å². The van der Waals surface area contributed by atoms with E-state index < -0.39 is 39.8 Å². The van der Waals surface area contributed by atoms with E-state index in [2.05, 4.69) is 5.10 Å². The van der Waals surface area contributed by atoms with Crippen LogP contribution in [0.3, 0.4) is 0 Å². The smallest absolute Gasteiger partial charge is 0.311 e. The number of aromatic nitrogens is 2. The van der Waals surface area contributed by atoms with Gasteiger partial charge in [0.1, 0.15) is 5.69 Å². The predicted molar refractivity (Wildman–Crippen MR) is 90.2 cm³/mol. The minimum Gasteiger partial charge on any atom is -0.464 e. The van der Waals surface area contributed by atoms with Crippen molar-refractivity contribution in [3.05, 3.63) is 81.7 Å². The Labute approximate surface area is 159 Å². The summed E-state index contributed by atoms with van der Waals surface area (Å²) in [4.78, 5) is 22.4. The first-order valence-electron chi connectivity index (χ1n) is 7.82. The van der Waals surface area contributed by atoms with Crippen molar-refractivity contribution in [3.63, 3.8) is 0 Å². The third kappa shape index (κ3) is 4.15. The molecule has 0 spiro atoms. The van der Waals surface area contributed by atoms with Crippen LogP contribution >= 0.6 is 0 Å². The van der Waals surface area contributed by atoms with E-state index in [4.69, 9.17) is 4.74 Å². The van der Waals surface area contributed by atoms with E-state index in [1.54, 1.807) is 5.32 Å². The van der Waals surface area contributed by atoms with Crippen molar-refractivity contribution in [3.8, 4) is 5.75 Å². The first-order valence-corrected chi connectivity index (χ1v) is 7.82. The third-order valence-electron chi connectivity index (χ3n) is 3.64. The molecule has 1 N–H and O–H groups in total. The Morgan fingerprint density at radius 3 is 2.45 bits per heavy atom. The topological polar surface area (TPSA) is 99.3 Å². The van der Waals surface area contributed by atoms with Gasteiger partial charge in [0.05, 0.1) is 4.92 Å². The van der Waals surface area contributed by atoms with Crippen molar-refractivity contribution in [2.75, 3.05) is 5.32 Å². The third-order valence-corrected chi connectivity index (χ3v) is 3.64. The number of benzene rings is 2. The first-order chi connectivity index (χ1) is 13.8. The normalized spacial score (nSPS) is 10.6. The maximum atomic E-state index is 13.6. The molecule has 0 aliphatic carbocycles. The molecule has 0 unspecified atom stereocenters. The Kier molecular flexibility index (Phi) is 5.43. The number of nitro benzene ring substituents is 1. The van der Waals surface area contributed by atoms with Crippen LogP contribution in [0.5, 0.6) is 5.75 Å². The summed E-state index contributed by atoms with van der Waals surface area (Å²) in [7, 11) is 0. The number of nitrogens with zero attached hydrogens (tertiary/aromatic N) is 3. The van der Waals surface area contributed by atoms with Crippen LogP contribution < -0.4 is 10.1 Å². The molecule has 0 radical (unpaired) electrons. The second kappa shape index (κ2) is 7.96. The summed E-state index contributed by atoms with van der Waals surface area (Å²) in [5.74, 6) is -8.08. The van der Waals surface area contributed by atoms with Gasteiger partial charge in [-0.1, -0.05) is 12.1 Å². The van der Waals surface area contributed by atoms with Crippen molar-refractivity contribution in [1.82, 2.24) is 9.78 Å². The predicted octanol–water partition coefficient (Wildman–Crippen LogP) is 3.64. The molecule has 0 atom stereocenters. The van der Waals surface area contributed by atoms with Gasteiger partial charge < -0.3 is 10.1 Å². The van der Waals surface area contributed by atoms with Crippen LogP contribution in [-0.4, -0.2) is 20.6 Å². The molecule has 150 valence electrons. The number of amides is 1. The lowest BCUT2D eigenvalue weighted by Gasteiger charge is -2.08. The van der Waals surface area contributed by atoms with Gasteiger partial charge in [-0.05, 0) is 12.1 Å². The monoisotopic (exact) mass is 410 g/mol. The number of nitro groups is 1. The Balaban J connectivity index is 1.73. The second-order valence-electron chi connectivity index (χ2n) is 5.54. The van der Waals surface area contributed by atoms with Crippen LogP contribution in [0.1, 0.15) is 10.5 Å². The number of hydrogen-bond donors (Lipinski definition) is 1. The van der Waals surface area contributed by atoms with Crippen LogP contribution in [0.15, 0.2) is 42.6 Å². The fourth-order valence-corrected chi connectivity index (χ4v) is 2.28. The van der Waals surface area contributed by atoms with Gasteiger partial charge in [-0.25, -0.2) is 22.2 Å². The molecule has 0 bridgehead atoms. The molecule has 0 saturated carbocycles. The summed E-state index contributed by atoms with van der Waals surface area (Å²) in [6.07, 6.45) is 1.25. The SMILES string of the molecule is O=C(Nc1c(F)c(F)cc(F)c1F)c1ccn(COc2ccccc2[N+](=O)[O-])n1. The van der Waals surface area contributed by atoms with Crippen LogP contribution in [0.25, 0.3) is 0 Å². The van der Waals surface area contributed by atoms with E-state index in [1.165, 1.54) is 30.5 Å². The molecule has 0 aliphatic heterocycles. The summed E-state index contributed by atoms with van der Waals surface area (Å²) < 4.78 is 60.0. The molecule has 1 aromatic heterocycles. The minimum absolute atomic E-state index is 0.00908. The lowest BCUT2D eigenvalue weighted by atomic mass is 10.2. The molecule has 8 nitrogen and oxygen atoms in total. The molecule has 3 rings (SSSR count). The largest absolute Gasteiger partial charge is 0.464 e. The van der Waals surface area contributed by atoms with Crippen LogP contribution in [0, 0.1) is 33.4 Å². The molecule has 12 heteroatoms. The van der Waals surface area contributed by atoms with Gasteiger partial charge in [-0.3, -0.25) is 14.9 Å². The zero-order chi connectivity index (χ0) is 21.1. The maximum Gasteiger partial charge on any atom is 0.311 e. The van der Waals surface area contributed by atoms with Crippen LogP contribution in [0.2, 0.25) is 0 Å². The van der Waals surface area contributed by atoms with E-state index in [1.807, 2.05) is 0 Å². The molecule has 2 aromatic carbocycles. The number of carbonyl (C=O) groups excluding carboxylic acids is 1. The number of carbonyl (C=O) groups is 1. The van der Waals surface area contributed by atoms with Gasteiger partial charge in [0.2, 0.25) is 0 Å². The quantitative estimate of drug-likeness (QED) is 0.290. The van der Waals surface area contributed by atoms with Gasteiger partial charge in [0.25, 0.3) is 5.91 Å². The number of anilines is 1. The van der Waals surface area contributed by atoms with Crippen molar-refractivity contribution < 1.29 is 32.0 Å². The van der Waals surface area contributed by atoms with Gasteiger partial charge in [0, 0.05) is 18.3 Å². The van der Waals surface area contributed by atoms with Crippen molar-refractivity contribution in [1.29, 1.82) is 0 Å². The Hall–Kier alpha value is -3.96. The Morgan fingerprint density at radius 2 is 1.79 bits per heavy atom. The Morgan fingerprint density at radius 1 is 1.14 bits per heavy atom. The van der Waals surface area contributed by atoms with Gasteiger partial charge >= 0.3 is 5.69 Å². The fourth-order valence-electron chi connectivity index (χ4n) is 2.28. The zero-order valence-electron chi connectivity index (χ0n) is 14.2. The molecular weight excluding hydrogens is 400 g/mol. The number of para-hydroxylation sites is 2. The summed E-state index contributed by atoms with van der Waals surface area (Å²) in [5, 5.41) is 16.4. The highest BCUT2D eigenvalue weighted by Crippen LogP contribution is 2.26. The van der Waals surface area contributed by atoms with Crippen molar-refractivity contribution in [2.45, 2.75) is 6.73 Å². The van der Waals surface area contributed by atoms with E-state index in [0.717, 1.165) is 10.7 Å². The molecule has 3 aromatic rings. The molecule has 0 fully saturated rings. The highest BCUT2D eigenvalue weighted by molar-refractivity contribution is 6.02.